The Kier molecular flexibility index (Phi) is 4.23. The van der Waals surface area contributed by atoms with Crippen LogP contribution in [0.1, 0.15) is 12.5 Å². The summed E-state index contributed by atoms with van der Waals surface area (Å²) in [6.07, 6.45) is 1.77. The van der Waals surface area contributed by atoms with Gasteiger partial charge in [0.25, 0.3) is 0 Å². The number of anilines is 2. The Morgan fingerprint density at radius 3 is 2.84 bits per heavy atom. The van der Waals surface area contributed by atoms with Gasteiger partial charge in [0.2, 0.25) is 0 Å². The highest BCUT2D eigenvalue weighted by Gasteiger charge is 2.10. The predicted molar refractivity (Wildman–Crippen MR) is 78.4 cm³/mol. The molecule has 2 rings (SSSR count). The topological polar surface area (TPSA) is 51.4 Å². The summed E-state index contributed by atoms with van der Waals surface area (Å²) in [6, 6.07) is 11.7. The van der Waals surface area contributed by atoms with Crippen LogP contribution < -0.4 is 15.4 Å². The Balaban J connectivity index is 2.17. The van der Waals surface area contributed by atoms with Crippen LogP contribution in [0.25, 0.3) is 0 Å². The zero-order chi connectivity index (χ0) is 13.7. The minimum Gasteiger partial charge on any atom is -0.490 e. The summed E-state index contributed by atoms with van der Waals surface area (Å²) in [6.45, 7) is 3.33. The average Bonchev–Trinajstić information content (AvgIpc) is 2.39. The molecule has 2 N–H and O–H groups in total. The molecule has 0 saturated heterocycles. The zero-order valence-electron chi connectivity index (χ0n) is 11.3. The second-order valence-corrected chi connectivity index (χ2v) is 4.36. The molecule has 0 saturated carbocycles. The first-order valence-electron chi connectivity index (χ1n) is 6.34. The van der Waals surface area contributed by atoms with Crippen LogP contribution in [0.4, 0.5) is 11.5 Å². The smallest absolute Gasteiger partial charge is 0.171 e. The summed E-state index contributed by atoms with van der Waals surface area (Å²) in [5.74, 6) is 1.64. The Hall–Kier alpha value is -2.23. The lowest BCUT2D eigenvalue weighted by Gasteiger charge is -2.21. The Morgan fingerprint density at radius 1 is 1.26 bits per heavy atom. The zero-order valence-corrected chi connectivity index (χ0v) is 11.3. The van der Waals surface area contributed by atoms with E-state index in [9.17, 15) is 0 Å². The number of aromatic nitrogens is 1. The number of hydrogen-bond acceptors (Lipinski definition) is 4. The molecule has 100 valence electrons. The highest BCUT2D eigenvalue weighted by atomic mass is 16.5. The maximum absolute atomic E-state index is 5.79. The van der Waals surface area contributed by atoms with Gasteiger partial charge in [-0.1, -0.05) is 12.1 Å². The quantitative estimate of drug-likeness (QED) is 0.837. The summed E-state index contributed by atoms with van der Waals surface area (Å²) in [7, 11) is 1.99. The van der Waals surface area contributed by atoms with E-state index in [1.54, 1.807) is 6.20 Å². The first-order valence-corrected chi connectivity index (χ1v) is 6.34. The van der Waals surface area contributed by atoms with Gasteiger partial charge in [-0.15, -0.1) is 0 Å². The SMILES string of the molecule is CCOc1cccnc1N(C)Cc1cccc(N)c1. The highest BCUT2D eigenvalue weighted by molar-refractivity contribution is 5.52. The second kappa shape index (κ2) is 6.09. The van der Waals surface area contributed by atoms with Gasteiger partial charge in [0.15, 0.2) is 11.6 Å². The van der Waals surface area contributed by atoms with E-state index in [1.165, 1.54) is 0 Å². The first kappa shape index (κ1) is 13.2. The number of nitrogen functional groups attached to an aromatic ring is 1. The van der Waals surface area contributed by atoms with E-state index in [1.807, 2.05) is 44.3 Å². The summed E-state index contributed by atoms with van der Waals surface area (Å²) in [4.78, 5) is 6.44. The lowest BCUT2D eigenvalue weighted by atomic mass is 10.2. The molecule has 0 amide bonds. The lowest BCUT2D eigenvalue weighted by molar-refractivity contribution is 0.339. The molecule has 4 nitrogen and oxygen atoms in total. The van der Waals surface area contributed by atoms with Crippen LogP contribution in [-0.2, 0) is 6.54 Å². The molecule has 0 aliphatic rings. The van der Waals surface area contributed by atoms with Gasteiger partial charge in [-0.05, 0) is 36.8 Å². The summed E-state index contributed by atoms with van der Waals surface area (Å²) < 4.78 is 5.59. The van der Waals surface area contributed by atoms with Crippen molar-refractivity contribution in [3.63, 3.8) is 0 Å². The van der Waals surface area contributed by atoms with Crippen LogP contribution in [-0.4, -0.2) is 18.6 Å². The number of nitrogens with two attached hydrogens (primary N) is 1. The Bertz CT molecular complexity index is 542. The van der Waals surface area contributed by atoms with E-state index in [2.05, 4.69) is 16.0 Å². The van der Waals surface area contributed by atoms with Crippen molar-refractivity contribution >= 4 is 11.5 Å². The van der Waals surface area contributed by atoms with Gasteiger partial charge in [0, 0.05) is 25.5 Å². The first-order chi connectivity index (χ1) is 9.20. The maximum atomic E-state index is 5.79. The molecule has 1 heterocycles. The fourth-order valence-electron chi connectivity index (χ4n) is 1.98. The molecule has 19 heavy (non-hydrogen) atoms. The van der Waals surface area contributed by atoms with Crippen molar-refractivity contribution in [2.24, 2.45) is 0 Å². The van der Waals surface area contributed by atoms with Gasteiger partial charge < -0.3 is 15.4 Å². The van der Waals surface area contributed by atoms with Crippen molar-refractivity contribution in [1.82, 2.24) is 4.98 Å². The predicted octanol–water partition coefficient (Wildman–Crippen LogP) is 2.70. The van der Waals surface area contributed by atoms with Crippen molar-refractivity contribution in [3.8, 4) is 5.75 Å². The van der Waals surface area contributed by atoms with E-state index in [4.69, 9.17) is 10.5 Å². The number of hydrogen-bond donors (Lipinski definition) is 1. The molecule has 0 atom stereocenters. The largest absolute Gasteiger partial charge is 0.490 e. The molecule has 0 aliphatic heterocycles. The van der Waals surface area contributed by atoms with Gasteiger partial charge >= 0.3 is 0 Å². The maximum Gasteiger partial charge on any atom is 0.171 e. The van der Waals surface area contributed by atoms with E-state index in [0.717, 1.165) is 29.4 Å². The van der Waals surface area contributed by atoms with Crippen molar-refractivity contribution in [3.05, 3.63) is 48.2 Å². The molecule has 0 spiro atoms. The van der Waals surface area contributed by atoms with E-state index in [-0.39, 0.29) is 0 Å². The number of benzene rings is 1. The third kappa shape index (κ3) is 3.37. The van der Waals surface area contributed by atoms with E-state index >= 15 is 0 Å². The molecule has 0 bridgehead atoms. The van der Waals surface area contributed by atoms with E-state index < -0.39 is 0 Å². The van der Waals surface area contributed by atoms with Gasteiger partial charge in [-0.25, -0.2) is 4.98 Å². The summed E-state index contributed by atoms with van der Waals surface area (Å²) in [5.41, 5.74) is 7.72. The van der Waals surface area contributed by atoms with Crippen LogP contribution in [0.2, 0.25) is 0 Å². The highest BCUT2D eigenvalue weighted by Crippen LogP contribution is 2.25. The standard InChI is InChI=1S/C15H19N3O/c1-3-19-14-8-5-9-17-15(14)18(2)11-12-6-4-7-13(16)10-12/h4-10H,3,11,16H2,1-2H3. The number of ether oxygens (including phenoxy) is 1. The van der Waals surface area contributed by atoms with Crippen LogP contribution in [0.5, 0.6) is 5.75 Å². The number of nitrogens with zero attached hydrogens (tertiary/aromatic N) is 2. The Labute approximate surface area is 113 Å². The van der Waals surface area contributed by atoms with Crippen LogP contribution in [0, 0.1) is 0 Å². The molecular weight excluding hydrogens is 238 g/mol. The monoisotopic (exact) mass is 257 g/mol. The molecule has 1 aromatic heterocycles. The molecule has 2 aromatic rings. The molecule has 1 aromatic carbocycles. The van der Waals surface area contributed by atoms with Crippen molar-refractivity contribution < 1.29 is 4.74 Å². The third-order valence-corrected chi connectivity index (χ3v) is 2.78. The van der Waals surface area contributed by atoms with Gasteiger partial charge in [0.05, 0.1) is 6.61 Å². The molecule has 0 radical (unpaired) electrons. The van der Waals surface area contributed by atoms with Crippen molar-refractivity contribution in [2.75, 3.05) is 24.3 Å². The lowest BCUT2D eigenvalue weighted by Crippen LogP contribution is -2.18. The second-order valence-electron chi connectivity index (χ2n) is 4.36. The molecule has 0 unspecified atom stereocenters. The van der Waals surface area contributed by atoms with Gasteiger partial charge in [-0.2, -0.15) is 0 Å². The Morgan fingerprint density at radius 2 is 2.11 bits per heavy atom. The van der Waals surface area contributed by atoms with Gasteiger partial charge in [-0.3, -0.25) is 0 Å². The summed E-state index contributed by atoms with van der Waals surface area (Å²) in [5, 5.41) is 0. The van der Waals surface area contributed by atoms with Gasteiger partial charge in [0.1, 0.15) is 0 Å². The summed E-state index contributed by atoms with van der Waals surface area (Å²) >= 11 is 0. The van der Waals surface area contributed by atoms with Crippen LogP contribution >= 0.6 is 0 Å². The fraction of sp³-hybridized carbons (Fsp3) is 0.267. The number of pyridine rings is 1. The minimum absolute atomic E-state index is 0.630. The van der Waals surface area contributed by atoms with Crippen molar-refractivity contribution in [1.29, 1.82) is 0 Å². The van der Waals surface area contributed by atoms with Crippen LogP contribution in [0.3, 0.4) is 0 Å². The normalized spacial score (nSPS) is 10.2. The molecule has 0 fully saturated rings. The molecular formula is C15H19N3O. The van der Waals surface area contributed by atoms with Crippen molar-refractivity contribution in [2.45, 2.75) is 13.5 Å². The van der Waals surface area contributed by atoms with Crippen LogP contribution in [0.15, 0.2) is 42.6 Å². The fourth-order valence-corrected chi connectivity index (χ4v) is 1.98. The average molecular weight is 257 g/mol. The molecule has 0 aliphatic carbocycles. The van der Waals surface area contributed by atoms with E-state index in [0.29, 0.717) is 6.61 Å². The minimum atomic E-state index is 0.630. The molecule has 4 heteroatoms. The third-order valence-electron chi connectivity index (χ3n) is 2.78. The number of rotatable bonds is 5.